The Balaban J connectivity index is 2.46. The van der Waals surface area contributed by atoms with Gasteiger partial charge in [-0.2, -0.15) is 0 Å². The van der Waals surface area contributed by atoms with E-state index in [0.29, 0.717) is 21.5 Å². The summed E-state index contributed by atoms with van der Waals surface area (Å²) in [5, 5.41) is 1.07. The predicted molar refractivity (Wildman–Crippen MR) is 72.9 cm³/mol. The Hall–Kier alpha value is -1.38. The van der Waals surface area contributed by atoms with Crippen molar-refractivity contribution >= 4 is 28.9 Å². The van der Waals surface area contributed by atoms with Crippen molar-refractivity contribution in [3.63, 3.8) is 0 Å². The number of anilines is 1. The molecule has 0 aliphatic heterocycles. The lowest BCUT2D eigenvalue weighted by Crippen LogP contribution is -1.92. The molecule has 0 aliphatic rings. The molecule has 88 valence electrons. The maximum absolute atomic E-state index is 5.97. The summed E-state index contributed by atoms with van der Waals surface area (Å²) < 4.78 is 5.11. The fraction of sp³-hybridized carbons (Fsp3) is 0.0769. The summed E-state index contributed by atoms with van der Waals surface area (Å²) >= 11 is 11.8. The largest absolute Gasteiger partial charge is 0.495 e. The van der Waals surface area contributed by atoms with Crippen LogP contribution in [0.4, 0.5) is 5.69 Å². The van der Waals surface area contributed by atoms with Gasteiger partial charge in [0.1, 0.15) is 5.75 Å². The fourth-order valence-electron chi connectivity index (χ4n) is 1.59. The first-order valence-electron chi connectivity index (χ1n) is 5.01. The van der Waals surface area contributed by atoms with Crippen LogP contribution in [0.25, 0.3) is 11.1 Å². The third kappa shape index (κ3) is 2.48. The van der Waals surface area contributed by atoms with Crippen molar-refractivity contribution in [2.45, 2.75) is 0 Å². The zero-order chi connectivity index (χ0) is 12.4. The van der Waals surface area contributed by atoms with E-state index in [4.69, 9.17) is 33.7 Å². The van der Waals surface area contributed by atoms with Gasteiger partial charge in [0.25, 0.3) is 0 Å². The van der Waals surface area contributed by atoms with Gasteiger partial charge in [-0.05, 0) is 35.4 Å². The molecule has 2 N–H and O–H groups in total. The summed E-state index contributed by atoms with van der Waals surface area (Å²) in [5.41, 5.74) is 8.39. The first-order chi connectivity index (χ1) is 8.11. The molecule has 0 unspecified atom stereocenters. The van der Waals surface area contributed by atoms with E-state index in [0.717, 1.165) is 11.1 Å². The molecule has 0 amide bonds. The van der Waals surface area contributed by atoms with Crippen molar-refractivity contribution < 1.29 is 4.74 Å². The molecule has 0 bridgehead atoms. The van der Waals surface area contributed by atoms with Crippen molar-refractivity contribution in [2.24, 2.45) is 0 Å². The Morgan fingerprint density at radius 3 is 2.18 bits per heavy atom. The highest BCUT2D eigenvalue weighted by Gasteiger charge is 2.05. The summed E-state index contributed by atoms with van der Waals surface area (Å²) in [6.07, 6.45) is 0. The monoisotopic (exact) mass is 267 g/mol. The topological polar surface area (TPSA) is 35.2 Å². The lowest BCUT2D eigenvalue weighted by molar-refractivity contribution is 0.417. The predicted octanol–water partition coefficient (Wildman–Crippen LogP) is 4.25. The second kappa shape index (κ2) is 4.86. The first-order valence-corrected chi connectivity index (χ1v) is 5.76. The highest BCUT2D eigenvalue weighted by molar-refractivity contribution is 6.42. The van der Waals surface area contributed by atoms with Crippen LogP contribution in [0.2, 0.25) is 10.0 Å². The zero-order valence-corrected chi connectivity index (χ0v) is 10.7. The van der Waals surface area contributed by atoms with Gasteiger partial charge in [-0.15, -0.1) is 0 Å². The molecule has 0 saturated carbocycles. The highest BCUT2D eigenvalue weighted by Crippen LogP contribution is 2.31. The van der Waals surface area contributed by atoms with E-state index in [1.807, 2.05) is 30.3 Å². The number of hydrogen-bond donors (Lipinski definition) is 1. The smallest absolute Gasteiger partial charge is 0.141 e. The molecule has 0 spiro atoms. The summed E-state index contributed by atoms with van der Waals surface area (Å²) in [7, 11) is 1.59. The van der Waals surface area contributed by atoms with Crippen LogP contribution < -0.4 is 10.5 Å². The lowest BCUT2D eigenvalue weighted by atomic mass is 10.0. The highest BCUT2D eigenvalue weighted by atomic mass is 35.5. The molecule has 0 aliphatic carbocycles. The molecule has 0 saturated heterocycles. The van der Waals surface area contributed by atoms with Gasteiger partial charge in [-0.3, -0.25) is 0 Å². The van der Waals surface area contributed by atoms with Crippen molar-refractivity contribution in [2.75, 3.05) is 12.8 Å². The van der Waals surface area contributed by atoms with Gasteiger partial charge in [0.15, 0.2) is 0 Å². The molecule has 17 heavy (non-hydrogen) atoms. The number of methoxy groups -OCH3 is 1. The maximum atomic E-state index is 5.97. The van der Waals surface area contributed by atoms with Gasteiger partial charge in [-0.1, -0.05) is 35.3 Å². The number of nitrogen functional groups attached to an aromatic ring is 1. The van der Waals surface area contributed by atoms with Crippen molar-refractivity contribution in [1.29, 1.82) is 0 Å². The molecule has 2 nitrogen and oxygen atoms in total. The van der Waals surface area contributed by atoms with Gasteiger partial charge >= 0.3 is 0 Å². The molecule has 0 heterocycles. The second-order valence-electron chi connectivity index (χ2n) is 3.59. The van der Waals surface area contributed by atoms with E-state index < -0.39 is 0 Å². The molecule has 2 aromatic carbocycles. The Bertz CT molecular complexity index is 555. The quantitative estimate of drug-likeness (QED) is 0.826. The number of benzene rings is 2. The molecule has 0 radical (unpaired) electrons. The Labute approximate surface area is 110 Å². The minimum absolute atomic E-state index is 0.526. The molecule has 2 rings (SSSR count). The van der Waals surface area contributed by atoms with Gasteiger partial charge in [0, 0.05) is 0 Å². The van der Waals surface area contributed by atoms with E-state index in [2.05, 4.69) is 0 Å². The number of rotatable bonds is 2. The SMILES string of the molecule is COc1ccc(-c2ccc(Cl)c(Cl)c2)cc1N. The van der Waals surface area contributed by atoms with E-state index in [-0.39, 0.29) is 0 Å². The Morgan fingerprint density at radius 1 is 0.941 bits per heavy atom. The number of halogens is 2. The van der Waals surface area contributed by atoms with Crippen molar-refractivity contribution in [1.82, 2.24) is 0 Å². The third-order valence-corrected chi connectivity index (χ3v) is 3.22. The van der Waals surface area contributed by atoms with E-state index in [1.54, 1.807) is 13.2 Å². The summed E-state index contributed by atoms with van der Waals surface area (Å²) in [6.45, 7) is 0. The molecule has 0 aromatic heterocycles. The first kappa shape index (κ1) is 12.1. The molecular weight excluding hydrogens is 257 g/mol. The van der Waals surface area contributed by atoms with E-state index in [9.17, 15) is 0 Å². The molecule has 2 aromatic rings. The molecule has 4 heteroatoms. The normalized spacial score (nSPS) is 10.3. The summed E-state index contributed by atoms with van der Waals surface area (Å²) in [6, 6.07) is 11.1. The zero-order valence-electron chi connectivity index (χ0n) is 9.21. The van der Waals surface area contributed by atoms with Crippen LogP contribution in [0.15, 0.2) is 36.4 Å². The van der Waals surface area contributed by atoms with E-state index >= 15 is 0 Å². The van der Waals surface area contributed by atoms with Crippen LogP contribution in [0.1, 0.15) is 0 Å². The Morgan fingerprint density at radius 2 is 1.59 bits per heavy atom. The van der Waals surface area contributed by atoms with Crippen LogP contribution in [0.3, 0.4) is 0 Å². The Kier molecular flexibility index (Phi) is 3.46. The number of ether oxygens (including phenoxy) is 1. The number of nitrogens with two attached hydrogens (primary N) is 1. The molecule has 0 fully saturated rings. The van der Waals surface area contributed by atoms with Crippen molar-refractivity contribution in [3.05, 3.63) is 46.4 Å². The average molecular weight is 268 g/mol. The van der Waals surface area contributed by atoms with Gasteiger partial charge in [-0.25, -0.2) is 0 Å². The second-order valence-corrected chi connectivity index (χ2v) is 4.40. The lowest BCUT2D eigenvalue weighted by Gasteiger charge is -2.08. The fourth-order valence-corrected chi connectivity index (χ4v) is 1.89. The average Bonchev–Trinajstić information content (AvgIpc) is 2.32. The van der Waals surface area contributed by atoms with Crippen LogP contribution in [0.5, 0.6) is 5.75 Å². The van der Waals surface area contributed by atoms with Crippen LogP contribution in [-0.4, -0.2) is 7.11 Å². The van der Waals surface area contributed by atoms with Gasteiger partial charge in [0.2, 0.25) is 0 Å². The van der Waals surface area contributed by atoms with Crippen LogP contribution in [-0.2, 0) is 0 Å². The van der Waals surface area contributed by atoms with Gasteiger partial charge < -0.3 is 10.5 Å². The van der Waals surface area contributed by atoms with Crippen LogP contribution in [0, 0.1) is 0 Å². The minimum Gasteiger partial charge on any atom is -0.495 e. The summed E-state index contributed by atoms with van der Waals surface area (Å²) in [4.78, 5) is 0. The molecular formula is C13H11Cl2NO. The maximum Gasteiger partial charge on any atom is 0.141 e. The van der Waals surface area contributed by atoms with Crippen molar-refractivity contribution in [3.8, 4) is 16.9 Å². The van der Waals surface area contributed by atoms with Gasteiger partial charge in [0.05, 0.1) is 22.8 Å². The third-order valence-electron chi connectivity index (χ3n) is 2.48. The minimum atomic E-state index is 0.526. The van der Waals surface area contributed by atoms with E-state index in [1.165, 1.54) is 0 Å². The summed E-state index contributed by atoms with van der Waals surface area (Å²) in [5.74, 6) is 0.661. The van der Waals surface area contributed by atoms with Crippen LogP contribution >= 0.6 is 23.2 Å². The number of hydrogen-bond acceptors (Lipinski definition) is 2. The standard InChI is InChI=1S/C13H11Cl2NO/c1-17-13-5-3-9(7-12(13)16)8-2-4-10(14)11(15)6-8/h2-7H,16H2,1H3. The molecule has 0 atom stereocenters.